The van der Waals surface area contributed by atoms with Gasteiger partial charge < -0.3 is 19.7 Å². The Bertz CT molecular complexity index is 554. The molecule has 1 aromatic heterocycles. The molecule has 0 radical (unpaired) electrons. The van der Waals surface area contributed by atoms with Crippen LogP contribution in [0.5, 0.6) is 0 Å². The van der Waals surface area contributed by atoms with Gasteiger partial charge in [0.2, 0.25) is 0 Å². The summed E-state index contributed by atoms with van der Waals surface area (Å²) in [6.45, 7) is 1.54. The van der Waals surface area contributed by atoms with E-state index in [9.17, 15) is 4.79 Å². The molecule has 0 aliphatic heterocycles. The third-order valence-electron chi connectivity index (χ3n) is 2.87. The fraction of sp³-hybridized carbons (Fsp3) is 0.286. The number of aromatic nitrogens is 1. The lowest BCUT2D eigenvalue weighted by Crippen LogP contribution is -2.20. The highest BCUT2D eigenvalue weighted by atomic mass is 16.4. The molecule has 0 spiro atoms. The molecule has 6 nitrogen and oxygen atoms in total. The molecule has 0 aliphatic carbocycles. The first-order valence-electron chi connectivity index (χ1n) is 6.35. The third-order valence-corrected chi connectivity index (χ3v) is 2.87. The van der Waals surface area contributed by atoms with E-state index >= 15 is 0 Å². The molecule has 1 aromatic carbocycles. The standard InChI is InChI=1S/C14H17N3O3/c1-17(11-6-3-2-4-7-11)9-5-8-15-14-16-12(10-20-14)13(18)19/h2-4,6-7,10H,5,8-9H2,1H3,(H,15,16)(H,18,19). The Hall–Kier alpha value is -2.50. The first-order valence-corrected chi connectivity index (χ1v) is 6.35. The van der Waals surface area contributed by atoms with Crippen molar-refractivity contribution < 1.29 is 14.3 Å². The van der Waals surface area contributed by atoms with Gasteiger partial charge in [-0.05, 0) is 18.6 Å². The number of hydrogen-bond donors (Lipinski definition) is 2. The zero-order chi connectivity index (χ0) is 14.4. The number of rotatable bonds is 7. The maximum Gasteiger partial charge on any atom is 0.357 e. The third kappa shape index (κ3) is 3.74. The first-order chi connectivity index (χ1) is 9.66. The number of aromatic carboxylic acids is 1. The number of oxazole rings is 1. The summed E-state index contributed by atoms with van der Waals surface area (Å²) in [5.74, 6) is -1.09. The second-order valence-electron chi connectivity index (χ2n) is 4.38. The van der Waals surface area contributed by atoms with E-state index in [1.165, 1.54) is 0 Å². The second kappa shape index (κ2) is 6.60. The van der Waals surface area contributed by atoms with E-state index in [1.807, 2.05) is 25.2 Å². The SMILES string of the molecule is CN(CCCNc1nc(C(=O)O)co1)c1ccccc1. The molecule has 0 bridgehead atoms. The molecule has 2 N–H and O–H groups in total. The molecule has 0 atom stereocenters. The van der Waals surface area contributed by atoms with Crippen LogP contribution in [-0.2, 0) is 0 Å². The lowest BCUT2D eigenvalue weighted by Gasteiger charge is -2.18. The highest BCUT2D eigenvalue weighted by Crippen LogP contribution is 2.11. The summed E-state index contributed by atoms with van der Waals surface area (Å²) in [7, 11) is 2.03. The zero-order valence-corrected chi connectivity index (χ0v) is 11.2. The van der Waals surface area contributed by atoms with Gasteiger partial charge in [-0.1, -0.05) is 18.2 Å². The number of carboxylic acids is 1. The Balaban J connectivity index is 1.72. The van der Waals surface area contributed by atoms with Crippen LogP contribution in [0.3, 0.4) is 0 Å². The molecule has 0 saturated carbocycles. The summed E-state index contributed by atoms with van der Waals surface area (Å²) in [4.78, 5) is 16.6. The van der Waals surface area contributed by atoms with E-state index in [2.05, 4.69) is 27.3 Å². The normalized spacial score (nSPS) is 10.2. The van der Waals surface area contributed by atoms with Gasteiger partial charge in [-0.15, -0.1) is 0 Å². The minimum atomic E-state index is -1.09. The summed E-state index contributed by atoms with van der Waals surface area (Å²) >= 11 is 0. The molecule has 0 aliphatic rings. The summed E-state index contributed by atoms with van der Waals surface area (Å²) in [5.41, 5.74) is 1.07. The fourth-order valence-electron chi connectivity index (χ4n) is 1.78. The summed E-state index contributed by atoms with van der Waals surface area (Å²) in [5, 5.41) is 11.7. The Kier molecular flexibility index (Phi) is 4.60. The van der Waals surface area contributed by atoms with Crippen LogP contribution < -0.4 is 10.2 Å². The maximum atomic E-state index is 10.6. The fourth-order valence-corrected chi connectivity index (χ4v) is 1.78. The topological polar surface area (TPSA) is 78.6 Å². The van der Waals surface area contributed by atoms with Crippen molar-refractivity contribution in [3.8, 4) is 0 Å². The number of carboxylic acid groups (broad SMARTS) is 1. The number of benzene rings is 1. The molecule has 0 unspecified atom stereocenters. The van der Waals surface area contributed by atoms with Gasteiger partial charge in [0.25, 0.3) is 6.01 Å². The number of anilines is 2. The van der Waals surface area contributed by atoms with Crippen LogP contribution >= 0.6 is 0 Å². The molecule has 106 valence electrons. The van der Waals surface area contributed by atoms with Crippen LogP contribution in [0.4, 0.5) is 11.7 Å². The predicted molar refractivity (Wildman–Crippen MR) is 76.3 cm³/mol. The Morgan fingerprint density at radius 1 is 1.40 bits per heavy atom. The van der Waals surface area contributed by atoms with Crippen molar-refractivity contribution in [1.29, 1.82) is 0 Å². The predicted octanol–water partition coefficient (Wildman–Crippen LogP) is 2.31. The van der Waals surface area contributed by atoms with Gasteiger partial charge in [-0.25, -0.2) is 4.79 Å². The summed E-state index contributed by atoms with van der Waals surface area (Å²) in [6.07, 6.45) is 2.01. The van der Waals surface area contributed by atoms with E-state index in [1.54, 1.807) is 0 Å². The van der Waals surface area contributed by atoms with Crippen molar-refractivity contribution in [2.45, 2.75) is 6.42 Å². The average molecular weight is 275 g/mol. The van der Waals surface area contributed by atoms with Gasteiger partial charge in [-0.2, -0.15) is 4.98 Å². The quantitative estimate of drug-likeness (QED) is 0.755. The van der Waals surface area contributed by atoms with Crippen molar-refractivity contribution in [2.24, 2.45) is 0 Å². The van der Waals surface area contributed by atoms with E-state index < -0.39 is 5.97 Å². The number of carbonyl (C=O) groups is 1. The minimum Gasteiger partial charge on any atom is -0.476 e. The minimum absolute atomic E-state index is 0.0890. The molecule has 0 amide bonds. The second-order valence-corrected chi connectivity index (χ2v) is 4.38. The molecule has 2 rings (SSSR count). The van der Waals surface area contributed by atoms with E-state index in [-0.39, 0.29) is 11.7 Å². The van der Waals surface area contributed by atoms with Gasteiger partial charge in [0.05, 0.1) is 0 Å². The van der Waals surface area contributed by atoms with Gasteiger partial charge in [0.15, 0.2) is 5.69 Å². The first kappa shape index (κ1) is 13.9. The molecular weight excluding hydrogens is 258 g/mol. The average Bonchev–Trinajstić information content (AvgIpc) is 2.93. The molecule has 20 heavy (non-hydrogen) atoms. The van der Waals surface area contributed by atoms with Gasteiger partial charge >= 0.3 is 5.97 Å². The molecule has 1 heterocycles. The van der Waals surface area contributed by atoms with Crippen LogP contribution in [0.15, 0.2) is 41.0 Å². The molecule has 0 fully saturated rings. The number of para-hydroxylation sites is 1. The molecule has 0 saturated heterocycles. The molecule has 2 aromatic rings. The summed E-state index contributed by atoms with van der Waals surface area (Å²) in [6, 6.07) is 10.3. The zero-order valence-electron chi connectivity index (χ0n) is 11.2. The Morgan fingerprint density at radius 3 is 2.80 bits per heavy atom. The monoisotopic (exact) mass is 275 g/mol. The van der Waals surface area contributed by atoms with Gasteiger partial charge in [0, 0.05) is 25.8 Å². The van der Waals surface area contributed by atoms with E-state index in [4.69, 9.17) is 9.52 Å². The van der Waals surface area contributed by atoms with Gasteiger partial charge in [0.1, 0.15) is 6.26 Å². The van der Waals surface area contributed by atoms with Crippen molar-refractivity contribution in [3.05, 3.63) is 42.3 Å². The summed E-state index contributed by atoms with van der Waals surface area (Å²) < 4.78 is 5.00. The van der Waals surface area contributed by atoms with Crippen molar-refractivity contribution in [1.82, 2.24) is 4.98 Å². The number of nitrogens with one attached hydrogen (secondary N) is 1. The number of nitrogens with zero attached hydrogens (tertiary/aromatic N) is 2. The van der Waals surface area contributed by atoms with Crippen molar-refractivity contribution in [3.63, 3.8) is 0 Å². The van der Waals surface area contributed by atoms with Crippen molar-refractivity contribution >= 4 is 17.7 Å². The molecular formula is C14H17N3O3. The highest BCUT2D eigenvalue weighted by molar-refractivity contribution is 5.85. The largest absolute Gasteiger partial charge is 0.476 e. The van der Waals surface area contributed by atoms with E-state index in [0.29, 0.717) is 6.54 Å². The van der Waals surface area contributed by atoms with Crippen LogP contribution in [0.25, 0.3) is 0 Å². The smallest absolute Gasteiger partial charge is 0.357 e. The van der Waals surface area contributed by atoms with Crippen LogP contribution in [0.2, 0.25) is 0 Å². The Morgan fingerprint density at radius 2 is 2.15 bits per heavy atom. The van der Waals surface area contributed by atoms with Crippen LogP contribution in [-0.4, -0.2) is 36.2 Å². The van der Waals surface area contributed by atoms with Crippen molar-refractivity contribution in [2.75, 3.05) is 30.4 Å². The van der Waals surface area contributed by atoms with Gasteiger partial charge in [-0.3, -0.25) is 0 Å². The Labute approximate surface area is 117 Å². The highest BCUT2D eigenvalue weighted by Gasteiger charge is 2.09. The molecule has 6 heteroatoms. The lowest BCUT2D eigenvalue weighted by molar-refractivity contribution is 0.0690. The van der Waals surface area contributed by atoms with Crippen LogP contribution in [0, 0.1) is 0 Å². The maximum absolute atomic E-state index is 10.6. The number of hydrogen-bond acceptors (Lipinski definition) is 5. The van der Waals surface area contributed by atoms with Crippen LogP contribution in [0.1, 0.15) is 16.9 Å². The lowest BCUT2D eigenvalue weighted by atomic mass is 10.3. The van der Waals surface area contributed by atoms with E-state index in [0.717, 1.165) is 24.9 Å².